The predicted molar refractivity (Wildman–Crippen MR) is 42.3 cm³/mol. The Morgan fingerprint density at radius 1 is 1.22 bits per heavy atom. The van der Waals surface area contributed by atoms with Crippen LogP contribution in [0.1, 0.15) is 12.8 Å². The molecule has 2 heteroatoms. The van der Waals surface area contributed by atoms with Crippen LogP contribution in [-0.4, -0.2) is 19.3 Å². The van der Waals surface area contributed by atoms with E-state index in [2.05, 4.69) is 13.1 Å². The molecular weight excluding hydrogens is 128 g/mol. The average molecular weight is 144 g/mol. The highest BCUT2D eigenvalue weighted by Gasteiger charge is 2.26. The zero-order valence-electron chi connectivity index (χ0n) is 6.35. The summed E-state index contributed by atoms with van der Waals surface area (Å²) in [6.07, 6.45) is 2.17. The lowest BCUT2D eigenvalue weighted by Gasteiger charge is -2.29. The number of rotatable bonds is 0. The van der Waals surface area contributed by atoms with E-state index in [1.807, 2.05) is 0 Å². The molecule has 1 N–H and O–H groups in total. The second-order valence-electron chi connectivity index (χ2n) is 3.90. The van der Waals surface area contributed by atoms with E-state index in [1.54, 1.807) is 0 Å². The third kappa shape index (κ3) is 2.10. The van der Waals surface area contributed by atoms with Crippen LogP contribution in [-0.2, 0) is 0 Å². The molecule has 0 aliphatic carbocycles. The van der Waals surface area contributed by atoms with Gasteiger partial charge >= 0.3 is 0 Å². The Bertz CT molecular complexity index is 91.1. The Kier molecular flexibility index (Phi) is 1.96. The monoisotopic (exact) mass is 144 g/mol. The van der Waals surface area contributed by atoms with Crippen molar-refractivity contribution in [3.8, 4) is 0 Å². The first-order chi connectivity index (χ1) is 4.10. The van der Waals surface area contributed by atoms with E-state index in [0.29, 0.717) is 0 Å². The molecule has 1 rings (SSSR count). The summed E-state index contributed by atoms with van der Waals surface area (Å²) in [4.78, 5) is 0. The number of hydrogen-bond donors (Lipinski definition) is 1. The van der Waals surface area contributed by atoms with Gasteiger partial charge in [-0.15, -0.1) is 0 Å². The SMILES string of the molecule is C[Si]1(C)CCC(O)CC1. The molecule has 0 amide bonds. The zero-order chi connectivity index (χ0) is 6.91. The van der Waals surface area contributed by atoms with Crippen LogP contribution in [0, 0.1) is 0 Å². The van der Waals surface area contributed by atoms with Crippen LogP contribution in [0.15, 0.2) is 0 Å². The van der Waals surface area contributed by atoms with Crippen LogP contribution < -0.4 is 0 Å². The van der Waals surface area contributed by atoms with E-state index in [1.165, 1.54) is 12.1 Å². The van der Waals surface area contributed by atoms with E-state index < -0.39 is 8.07 Å². The smallest absolute Gasteiger partial charge is 0.0534 e. The van der Waals surface area contributed by atoms with Crippen molar-refractivity contribution in [2.75, 3.05) is 0 Å². The molecular formula is C7H16OSi. The molecule has 0 radical (unpaired) electrons. The molecule has 0 aromatic rings. The Morgan fingerprint density at radius 2 is 1.67 bits per heavy atom. The van der Waals surface area contributed by atoms with Crippen molar-refractivity contribution in [3.05, 3.63) is 0 Å². The average Bonchev–Trinajstić information content (AvgIpc) is 1.78. The lowest BCUT2D eigenvalue weighted by Crippen LogP contribution is -2.32. The molecule has 0 bridgehead atoms. The molecule has 0 aromatic heterocycles. The van der Waals surface area contributed by atoms with Gasteiger partial charge in [0, 0.05) is 8.07 Å². The van der Waals surface area contributed by atoms with E-state index in [9.17, 15) is 0 Å². The fraction of sp³-hybridized carbons (Fsp3) is 1.00. The maximum atomic E-state index is 9.16. The third-order valence-electron chi connectivity index (χ3n) is 2.31. The van der Waals surface area contributed by atoms with Crippen LogP contribution in [0.4, 0.5) is 0 Å². The second kappa shape index (κ2) is 2.43. The lowest BCUT2D eigenvalue weighted by molar-refractivity contribution is 0.160. The summed E-state index contributed by atoms with van der Waals surface area (Å²) in [6, 6.07) is 2.66. The van der Waals surface area contributed by atoms with Gasteiger partial charge in [0.05, 0.1) is 6.10 Å². The maximum Gasteiger partial charge on any atom is 0.0534 e. The van der Waals surface area contributed by atoms with E-state index in [-0.39, 0.29) is 6.10 Å². The first-order valence-electron chi connectivity index (χ1n) is 3.78. The minimum Gasteiger partial charge on any atom is -0.393 e. The molecule has 0 unspecified atom stereocenters. The molecule has 1 fully saturated rings. The predicted octanol–water partition coefficient (Wildman–Crippen LogP) is 1.85. The van der Waals surface area contributed by atoms with Crippen molar-refractivity contribution >= 4 is 8.07 Å². The van der Waals surface area contributed by atoms with Gasteiger partial charge in [-0.2, -0.15) is 0 Å². The largest absolute Gasteiger partial charge is 0.393 e. The summed E-state index contributed by atoms with van der Waals surface area (Å²) in [7, 11) is -0.792. The minimum absolute atomic E-state index is 0.0329. The highest BCUT2D eigenvalue weighted by atomic mass is 28.3. The van der Waals surface area contributed by atoms with Gasteiger partial charge in [0.15, 0.2) is 0 Å². The molecule has 1 heterocycles. The van der Waals surface area contributed by atoms with Crippen LogP contribution >= 0.6 is 0 Å². The van der Waals surface area contributed by atoms with E-state index in [0.717, 1.165) is 12.8 Å². The first kappa shape index (κ1) is 7.29. The molecule has 1 aliphatic rings. The Balaban J connectivity index is 2.35. The van der Waals surface area contributed by atoms with Gasteiger partial charge in [0.1, 0.15) is 0 Å². The molecule has 0 aromatic carbocycles. The van der Waals surface area contributed by atoms with Gasteiger partial charge in [0.2, 0.25) is 0 Å². The third-order valence-corrected chi connectivity index (χ3v) is 5.59. The van der Waals surface area contributed by atoms with Crippen LogP contribution in [0.5, 0.6) is 0 Å². The molecule has 1 saturated heterocycles. The normalized spacial score (nSPS) is 28.3. The molecule has 1 nitrogen and oxygen atoms in total. The van der Waals surface area contributed by atoms with Crippen molar-refractivity contribution in [2.45, 2.75) is 44.1 Å². The van der Waals surface area contributed by atoms with Gasteiger partial charge in [-0.25, -0.2) is 0 Å². The van der Waals surface area contributed by atoms with Crippen molar-refractivity contribution < 1.29 is 5.11 Å². The summed E-state index contributed by atoms with van der Waals surface area (Å²) in [6.45, 7) is 4.83. The summed E-state index contributed by atoms with van der Waals surface area (Å²) in [5.41, 5.74) is 0. The van der Waals surface area contributed by atoms with E-state index >= 15 is 0 Å². The van der Waals surface area contributed by atoms with Gasteiger partial charge in [0.25, 0.3) is 0 Å². The van der Waals surface area contributed by atoms with Gasteiger partial charge in [-0.05, 0) is 12.8 Å². The van der Waals surface area contributed by atoms with Crippen molar-refractivity contribution in [1.29, 1.82) is 0 Å². The standard InChI is InChI=1S/C7H16OSi/c1-9(2)5-3-7(8)4-6-9/h7-8H,3-6H2,1-2H3. The Labute approximate surface area is 58.1 Å². The summed E-state index contributed by atoms with van der Waals surface area (Å²) in [5, 5.41) is 9.16. The maximum absolute atomic E-state index is 9.16. The molecule has 0 spiro atoms. The van der Waals surface area contributed by atoms with Gasteiger partial charge in [-0.1, -0.05) is 25.2 Å². The molecule has 0 saturated carbocycles. The van der Waals surface area contributed by atoms with Crippen molar-refractivity contribution in [2.24, 2.45) is 0 Å². The summed E-state index contributed by atoms with van der Waals surface area (Å²) in [5.74, 6) is 0. The Morgan fingerprint density at radius 3 is 2.00 bits per heavy atom. The molecule has 54 valence electrons. The fourth-order valence-corrected chi connectivity index (χ4v) is 3.86. The van der Waals surface area contributed by atoms with Gasteiger partial charge in [-0.3, -0.25) is 0 Å². The fourth-order valence-electron chi connectivity index (χ4n) is 1.38. The van der Waals surface area contributed by atoms with Crippen LogP contribution in [0.3, 0.4) is 0 Å². The lowest BCUT2D eigenvalue weighted by atomic mass is 10.2. The van der Waals surface area contributed by atoms with Crippen LogP contribution in [0.25, 0.3) is 0 Å². The van der Waals surface area contributed by atoms with Crippen molar-refractivity contribution in [1.82, 2.24) is 0 Å². The van der Waals surface area contributed by atoms with Gasteiger partial charge < -0.3 is 5.11 Å². The molecule has 0 atom stereocenters. The minimum atomic E-state index is -0.792. The summed E-state index contributed by atoms with van der Waals surface area (Å²) >= 11 is 0. The second-order valence-corrected chi connectivity index (χ2v) is 9.22. The number of aliphatic hydroxyl groups is 1. The highest BCUT2D eigenvalue weighted by molar-refractivity contribution is 6.77. The summed E-state index contributed by atoms with van der Waals surface area (Å²) < 4.78 is 0. The van der Waals surface area contributed by atoms with Crippen molar-refractivity contribution in [3.63, 3.8) is 0 Å². The number of hydrogen-bond acceptors (Lipinski definition) is 1. The molecule has 1 aliphatic heterocycles. The number of aliphatic hydroxyl groups excluding tert-OH is 1. The topological polar surface area (TPSA) is 20.2 Å². The van der Waals surface area contributed by atoms with Crippen LogP contribution in [0.2, 0.25) is 25.2 Å². The quantitative estimate of drug-likeness (QED) is 0.514. The zero-order valence-corrected chi connectivity index (χ0v) is 7.35. The first-order valence-corrected chi connectivity index (χ1v) is 7.20. The molecule has 9 heavy (non-hydrogen) atoms. The Hall–Kier alpha value is 0.177. The van der Waals surface area contributed by atoms with E-state index in [4.69, 9.17) is 5.11 Å². The highest BCUT2D eigenvalue weighted by Crippen LogP contribution is 2.27.